The fourth-order valence-electron chi connectivity index (χ4n) is 2.93. The predicted molar refractivity (Wildman–Crippen MR) is 98.4 cm³/mol. The Morgan fingerprint density at radius 1 is 1.19 bits per heavy atom. The number of hydrogen-bond donors (Lipinski definition) is 2. The third-order valence-corrected chi connectivity index (χ3v) is 5.00. The summed E-state index contributed by atoms with van der Waals surface area (Å²) < 4.78 is 25.2. The molecule has 0 spiro atoms. The Kier molecular flexibility index (Phi) is 5.88. The normalized spacial score (nSPS) is 16.1. The smallest absolute Gasteiger partial charge is 0.288 e. The van der Waals surface area contributed by atoms with Crippen LogP contribution < -0.4 is 10.6 Å². The molecule has 0 bridgehead atoms. The van der Waals surface area contributed by atoms with E-state index in [9.17, 15) is 18.4 Å². The van der Waals surface area contributed by atoms with Crippen LogP contribution in [0.15, 0.2) is 53.4 Å². The van der Waals surface area contributed by atoms with Gasteiger partial charge in [0, 0.05) is 22.9 Å². The van der Waals surface area contributed by atoms with Crippen LogP contribution in [0.3, 0.4) is 0 Å². The molecule has 2 amide bonds. The second-order valence-electron chi connectivity index (χ2n) is 6.01. The minimum Gasteiger partial charge on any atom is -0.326 e. The van der Waals surface area contributed by atoms with Crippen LogP contribution in [-0.2, 0) is 16.0 Å². The number of rotatable bonds is 6. The Labute approximate surface area is 154 Å². The van der Waals surface area contributed by atoms with Crippen molar-refractivity contribution >= 4 is 35.0 Å². The van der Waals surface area contributed by atoms with Gasteiger partial charge in [0.05, 0.1) is 5.69 Å². The molecule has 1 heterocycles. The summed E-state index contributed by atoms with van der Waals surface area (Å²) in [5.41, 5.74) is 2.23. The van der Waals surface area contributed by atoms with E-state index in [-0.39, 0.29) is 24.2 Å². The maximum atomic E-state index is 12.6. The van der Waals surface area contributed by atoms with Crippen LogP contribution >= 0.6 is 11.8 Å². The van der Waals surface area contributed by atoms with Crippen molar-refractivity contribution < 1.29 is 18.4 Å². The van der Waals surface area contributed by atoms with Crippen molar-refractivity contribution in [1.29, 1.82) is 0 Å². The standard InChI is InChI=1S/C19H18F2N2O2S/c20-19(21)26-16-8-4-3-7-15(16)22-17(24)10-9-13-11-12-5-1-2-6-14(12)23-18(13)25/h1-8,13,19H,9-11H2,(H,22,24)(H,23,25). The van der Waals surface area contributed by atoms with Gasteiger partial charge in [0.15, 0.2) is 0 Å². The van der Waals surface area contributed by atoms with Crippen LogP contribution in [0.5, 0.6) is 0 Å². The lowest BCUT2D eigenvalue weighted by Gasteiger charge is -2.24. The highest BCUT2D eigenvalue weighted by Gasteiger charge is 2.26. The average molecular weight is 376 g/mol. The molecule has 2 aromatic rings. The monoisotopic (exact) mass is 376 g/mol. The molecule has 26 heavy (non-hydrogen) atoms. The van der Waals surface area contributed by atoms with E-state index in [0.717, 1.165) is 11.3 Å². The van der Waals surface area contributed by atoms with Gasteiger partial charge in [0.1, 0.15) is 0 Å². The van der Waals surface area contributed by atoms with Gasteiger partial charge in [-0.05, 0) is 36.6 Å². The van der Waals surface area contributed by atoms with Gasteiger partial charge in [-0.3, -0.25) is 9.59 Å². The Bertz CT molecular complexity index is 814. The summed E-state index contributed by atoms with van der Waals surface area (Å²) in [6.45, 7) is 0. The Hall–Kier alpha value is -2.41. The van der Waals surface area contributed by atoms with Crippen molar-refractivity contribution in [1.82, 2.24) is 0 Å². The topological polar surface area (TPSA) is 58.2 Å². The van der Waals surface area contributed by atoms with Crippen molar-refractivity contribution in [3.8, 4) is 0 Å². The highest BCUT2D eigenvalue weighted by Crippen LogP contribution is 2.32. The van der Waals surface area contributed by atoms with E-state index in [1.165, 1.54) is 6.07 Å². The van der Waals surface area contributed by atoms with E-state index in [2.05, 4.69) is 10.6 Å². The van der Waals surface area contributed by atoms with Crippen molar-refractivity contribution in [2.45, 2.75) is 29.9 Å². The fourth-order valence-corrected chi connectivity index (χ4v) is 3.53. The Morgan fingerprint density at radius 2 is 1.92 bits per heavy atom. The van der Waals surface area contributed by atoms with Crippen LogP contribution in [-0.4, -0.2) is 17.6 Å². The molecular formula is C19H18F2N2O2S. The molecule has 0 saturated heterocycles. The molecule has 2 aromatic carbocycles. The first-order valence-electron chi connectivity index (χ1n) is 8.25. The van der Waals surface area contributed by atoms with Crippen LogP contribution in [0.2, 0.25) is 0 Å². The molecular weight excluding hydrogens is 358 g/mol. The molecule has 0 radical (unpaired) electrons. The quantitative estimate of drug-likeness (QED) is 0.728. The van der Waals surface area contributed by atoms with Gasteiger partial charge in [-0.25, -0.2) is 0 Å². The number of alkyl halides is 2. The summed E-state index contributed by atoms with van der Waals surface area (Å²) in [7, 11) is 0. The summed E-state index contributed by atoms with van der Waals surface area (Å²) in [4.78, 5) is 24.7. The van der Waals surface area contributed by atoms with Gasteiger partial charge in [-0.1, -0.05) is 42.1 Å². The number of para-hydroxylation sites is 2. The third kappa shape index (κ3) is 4.60. The Morgan fingerprint density at radius 3 is 2.73 bits per heavy atom. The van der Waals surface area contributed by atoms with Gasteiger partial charge in [-0.2, -0.15) is 8.78 Å². The second-order valence-corrected chi connectivity index (χ2v) is 7.04. The number of nitrogens with one attached hydrogen (secondary N) is 2. The van der Waals surface area contributed by atoms with E-state index in [1.54, 1.807) is 18.2 Å². The minimum atomic E-state index is -2.56. The molecule has 0 aromatic heterocycles. The molecule has 7 heteroatoms. The summed E-state index contributed by atoms with van der Waals surface area (Å²) in [5.74, 6) is -3.22. The fraction of sp³-hybridized carbons (Fsp3) is 0.263. The predicted octanol–water partition coefficient (Wildman–Crippen LogP) is 4.53. The summed E-state index contributed by atoms with van der Waals surface area (Å²) in [6, 6.07) is 14.0. The Balaban J connectivity index is 1.58. The second kappa shape index (κ2) is 8.31. The number of hydrogen-bond acceptors (Lipinski definition) is 3. The molecule has 4 nitrogen and oxygen atoms in total. The van der Waals surface area contributed by atoms with Crippen LogP contribution in [0, 0.1) is 5.92 Å². The summed E-state index contributed by atoms with van der Waals surface area (Å²) in [5, 5.41) is 5.52. The summed E-state index contributed by atoms with van der Waals surface area (Å²) >= 11 is 0.394. The van der Waals surface area contributed by atoms with Crippen molar-refractivity contribution in [3.05, 3.63) is 54.1 Å². The van der Waals surface area contributed by atoms with E-state index in [4.69, 9.17) is 0 Å². The number of carbonyl (C=O) groups excluding carboxylic acids is 2. The van der Waals surface area contributed by atoms with Crippen LogP contribution in [0.25, 0.3) is 0 Å². The third-order valence-electron chi connectivity index (χ3n) is 4.21. The van der Waals surface area contributed by atoms with Gasteiger partial charge >= 0.3 is 0 Å². The van der Waals surface area contributed by atoms with Gasteiger partial charge in [0.2, 0.25) is 11.8 Å². The number of anilines is 2. The molecule has 1 aliphatic heterocycles. The molecule has 1 unspecified atom stereocenters. The summed E-state index contributed by atoms with van der Waals surface area (Å²) in [6.07, 6.45) is 1.14. The largest absolute Gasteiger partial charge is 0.326 e. The molecule has 1 aliphatic rings. The van der Waals surface area contributed by atoms with Crippen molar-refractivity contribution in [2.24, 2.45) is 5.92 Å². The highest BCUT2D eigenvalue weighted by molar-refractivity contribution is 7.99. The van der Waals surface area contributed by atoms with Crippen molar-refractivity contribution in [3.63, 3.8) is 0 Å². The lowest BCUT2D eigenvalue weighted by atomic mass is 9.89. The lowest BCUT2D eigenvalue weighted by Crippen LogP contribution is -2.30. The first-order valence-corrected chi connectivity index (χ1v) is 9.13. The van der Waals surface area contributed by atoms with E-state index < -0.39 is 5.76 Å². The molecule has 136 valence electrons. The molecule has 0 saturated carbocycles. The van der Waals surface area contributed by atoms with Gasteiger partial charge in [0.25, 0.3) is 5.76 Å². The van der Waals surface area contributed by atoms with Gasteiger partial charge < -0.3 is 10.6 Å². The highest BCUT2D eigenvalue weighted by atomic mass is 32.2. The van der Waals surface area contributed by atoms with E-state index in [1.807, 2.05) is 24.3 Å². The minimum absolute atomic E-state index is 0.0924. The molecule has 3 rings (SSSR count). The van der Waals surface area contributed by atoms with E-state index in [0.29, 0.717) is 35.2 Å². The molecule has 2 N–H and O–H groups in total. The first kappa shape index (κ1) is 18.4. The number of benzene rings is 2. The first-order chi connectivity index (χ1) is 12.5. The zero-order valence-electron chi connectivity index (χ0n) is 13.9. The maximum Gasteiger partial charge on any atom is 0.288 e. The van der Waals surface area contributed by atoms with Crippen LogP contribution in [0.1, 0.15) is 18.4 Å². The number of halogens is 2. The average Bonchev–Trinajstić information content (AvgIpc) is 2.61. The lowest BCUT2D eigenvalue weighted by molar-refractivity contribution is -0.121. The van der Waals surface area contributed by atoms with Crippen LogP contribution in [0.4, 0.5) is 20.2 Å². The maximum absolute atomic E-state index is 12.6. The molecule has 1 atom stereocenters. The van der Waals surface area contributed by atoms with E-state index >= 15 is 0 Å². The number of carbonyl (C=O) groups is 2. The van der Waals surface area contributed by atoms with Crippen molar-refractivity contribution in [2.75, 3.05) is 10.6 Å². The number of fused-ring (bicyclic) bond motifs is 1. The zero-order chi connectivity index (χ0) is 18.5. The molecule has 0 aliphatic carbocycles. The van der Waals surface area contributed by atoms with Gasteiger partial charge in [-0.15, -0.1) is 0 Å². The number of amides is 2. The zero-order valence-corrected chi connectivity index (χ0v) is 14.7. The SMILES string of the molecule is O=C(CCC1Cc2ccccc2NC1=O)Nc1ccccc1SC(F)F. The number of thioether (sulfide) groups is 1. The molecule has 0 fully saturated rings.